The van der Waals surface area contributed by atoms with E-state index in [2.05, 4.69) is 34.9 Å². The van der Waals surface area contributed by atoms with Gasteiger partial charge in [0.15, 0.2) is 6.10 Å². The van der Waals surface area contributed by atoms with Crippen LogP contribution in [-0.2, 0) is 29.0 Å². The molecule has 0 fully saturated rings. The number of hydrogen-bond donors (Lipinski definition) is 3. The van der Waals surface area contributed by atoms with E-state index in [1.165, 1.54) is 5.56 Å². The average molecular weight is 462 g/mol. The molecule has 1 heterocycles. The highest BCUT2D eigenvalue weighted by molar-refractivity contribution is 5.84. The first kappa shape index (κ1) is 23.8. The van der Waals surface area contributed by atoms with E-state index >= 15 is 0 Å². The number of fused-ring (bicyclic) bond motifs is 3. The van der Waals surface area contributed by atoms with Crippen molar-refractivity contribution in [2.24, 2.45) is 11.1 Å². The van der Waals surface area contributed by atoms with Crippen LogP contribution in [0.4, 0.5) is 0 Å². The second-order valence-corrected chi connectivity index (χ2v) is 9.57. The Balaban J connectivity index is 1.78. The Labute approximate surface area is 199 Å². The van der Waals surface area contributed by atoms with Crippen molar-refractivity contribution in [2.75, 3.05) is 0 Å². The summed E-state index contributed by atoms with van der Waals surface area (Å²) < 4.78 is 2.30. The molecule has 2 aliphatic rings. The van der Waals surface area contributed by atoms with Gasteiger partial charge in [0.25, 0.3) is 0 Å². The van der Waals surface area contributed by atoms with Gasteiger partial charge >= 0.3 is 5.97 Å². The van der Waals surface area contributed by atoms with E-state index in [-0.39, 0.29) is 18.2 Å². The van der Waals surface area contributed by atoms with E-state index in [1.807, 2.05) is 18.2 Å². The number of carboxylic acids is 1. The number of aromatic nitrogens is 1. The molecule has 1 amide bonds. The molecular formula is C27H31N3O4. The molecule has 3 atom stereocenters. The van der Waals surface area contributed by atoms with Crippen molar-refractivity contribution < 1.29 is 19.8 Å². The lowest BCUT2D eigenvalue weighted by atomic mass is 9.69. The molecule has 0 saturated carbocycles. The van der Waals surface area contributed by atoms with Gasteiger partial charge in [0.05, 0.1) is 12.0 Å². The third kappa shape index (κ3) is 4.64. The van der Waals surface area contributed by atoms with Gasteiger partial charge in [-0.25, -0.2) is 4.79 Å². The number of rotatable bonds is 9. The second kappa shape index (κ2) is 9.86. The van der Waals surface area contributed by atoms with Gasteiger partial charge in [-0.3, -0.25) is 4.79 Å². The SMILES string of the molecule is N#CCCC1(CCC(O)C(=O)O)C=Cc2c(c3c(n2Cc2ccccc2)CCCC3C(N)=O)C1. The highest BCUT2D eigenvalue weighted by Crippen LogP contribution is 2.47. The van der Waals surface area contributed by atoms with Gasteiger partial charge in [0, 0.05) is 24.4 Å². The monoisotopic (exact) mass is 461 g/mol. The van der Waals surface area contributed by atoms with Gasteiger partial charge in [0.1, 0.15) is 0 Å². The Morgan fingerprint density at radius 1 is 1.26 bits per heavy atom. The maximum absolute atomic E-state index is 12.4. The summed E-state index contributed by atoms with van der Waals surface area (Å²) in [5.74, 6) is -1.91. The van der Waals surface area contributed by atoms with Crippen LogP contribution < -0.4 is 5.73 Å². The van der Waals surface area contributed by atoms with Crippen molar-refractivity contribution in [1.82, 2.24) is 4.57 Å². The van der Waals surface area contributed by atoms with Crippen molar-refractivity contribution in [3.8, 4) is 6.07 Å². The number of aliphatic hydroxyl groups excluding tert-OH is 1. The smallest absolute Gasteiger partial charge is 0.332 e. The van der Waals surface area contributed by atoms with Gasteiger partial charge in [0.2, 0.25) is 5.91 Å². The number of nitrogens with two attached hydrogens (primary N) is 1. The predicted octanol–water partition coefficient (Wildman–Crippen LogP) is 3.53. The minimum atomic E-state index is -1.44. The molecular weight excluding hydrogens is 430 g/mol. The molecule has 2 aromatic rings. The van der Waals surface area contributed by atoms with Crippen LogP contribution in [0.1, 0.15) is 72.5 Å². The van der Waals surface area contributed by atoms with E-state index in [0.717, 1.165) is 41.8 Å². The number of benzene rings is 1. The fraction of sp³-hybridized carbons (Fsp3) is 0.444. The number of aliphatic hydroxyl groups is 1. The molecule has 7 heteroatoms. The third-order valence-corrected chi connectivity index (χ3v) is 7.40. The summed E-state index contributed by atoms with van der Waals surface area (Å²) in [5, 5.41) is 28.3. The normalized spacial score (nSPS) is 21.8. The molecule has 3 unspecified atom stereocenters. The molecule has 0 spiro atoms. The Kier molecular flexibility index (Phi) is 6.90. The Bertz CT molecular complexity index is 1140. The molecule has 0 radical (unpaired) electrons. The van der Waals surface area contributed by atoms with Crippen LogP contribution in [-0.4, -0.2) is 32.8 Å². The first-order valence-electron chi connectivity index (χ1n) is 11.9. The number of carboxylic acid groups (broad SMARTS) is 1. The minimum absolute atomic E-state index is 0.104. The van der Waals surface area contributed by atoms with Crippen molar-refractivity contribution in [3.63, 3.8) is 0 Å². The summed E-state index contributed by atoms with van der Waals surface area (Å²) in [6.07, 6.45) is 7.24. The second-order valence-electron chi connectivity index (χ2n) is 9.57. The van der Waals surface area contributed by atoms with E-state index < -0.39 is 17.5 Å². The van der Waals surface area contributed by atoms with Crippen LogP contribution in [0.5, 0.6) is 0 Å². The number of aliphatic carboxylic acids is 1. The fourth-order valence-corrected chi connectivity index (χ4v) is 5.66. The molecule has 0 bridgehead atoms. The number of carbonyl (C=O) groups is 2. The van der Waals surface area contributed by atoms with E-state index in [4.69, 9.17) is 10.8 Å². The summed E-state index contributed by atoms with van der Waals surface area (Å²) in [4.78, 5) is 23.6. The maximum Gasteiger partial charge on any atom is 0.332 e. The van der Waals surface area contributed by atoms with Gasteiger partial charge in [-0.2, -0.15) is 5.26 Å². The minimum Gasteiger partial charge on any atom is -0.479 e. The number of nitrogens with zero attached hydrogens (tertiary/aromatic N) is 2. The summed E-state index contributed by atoms with van der Waals surface area (Å²) in [6.45, 7) is 0.692. The quantitative estimate of drug-likeness (QED) is 0.526. The highest BCUT2D eigenvalue weighted by atomic mass is 16.4. The lowest BCUT2D eigenvalue weighted by Crippen LogP contribution is -2.30. The highest BCUT2D eigenvalue weighted by Gasteiger charge is 2.39. The van der Waals surface area contributed by atoms with Gasteiger partial charge in [-0.15, -0.1) is 0 Å². The predicted molar refractivity (Wildman–Crippen MR) is 128 cm³/mol. The van der Waals surface area contributed by atoms with Gasteiger partial charge in [-0.1, -0.05) is 36.4 Å². The molecule has 1 aromatic carbocycles. The van der Waals surface area contributed by atoms with Crippen LogP contribution in [0.25, 0.3) is 6.08 Å². The van der Waals surface area contributed by atoms with Crippen molar-refractivity contribution >= 4 is 18.0 Å². The number of primary amides is 1. The number of amides is 1. The third-order valence-electron chi connectivity index (χ3n) is 7.40. The van der Waals surface area contributed by atoms with Crippen LogP contribution in [0.3, 0.4) is 0 Å². The van der Waals surface area contributed by atoms with Crippen molar-refractivity contribution in [2.45, 2.75) is 69.9 Å². The number of allylic oxidation sites excluding steroid dienone is 1. The molecule has 7 nitrogen and oxygen atoms in total. The van der Waals surface area contributed by atoms with Gasteiger partial charge < -0.3 is 20.5 Å². The van der Waals surface area contributed by atoms with E-state index in [0.29, 0.717) is 32.2 Å². The van der Waals surface area contributed by atoms with Crippen LogP contribution in [0.15, 0.2) is 36.4 Å². The zero-order valence-electron chi connectivity index (χ0n) is 19.2. The lowest BCUT2D eigenvalue weighted by molar-refractivity contribution is -0.147. The topological polar surface area (TPSA) is 129 Å². The molecule has 0 saturated heterocycles. The molecule has 2 aliphatic carbocycles. The molecule has 4 N–H and O–H groups in total. The zero-order chi connectivity index (χ0) is 24.3. The van der Waals surface area contributed by atoms with Crippen LogP contribution in [0.2, 0.25) is 0 Å². The van der Waals surface area contributed by atoms with Crippen molar-refractivity contribution in [1.29, 1.82) is 5.26 Å². The first-order chi connectivity index (χ1) is 16.3. The summed E-state index contributed by atoms with van der Waals surface area (Å²) in [5.41, 5.74) is 10.9. The summed E-state index contributed by atoms with van der Waals surface area (Å²) in [7, 11) is 0. The number of hydrogen-bond acceptors (Lipinski definition) is 4. The molecule has 34 heavy (non-hydrogen) atoms. The van der Waals surface area contributed by atoms with E-state index in [9.17, 15) is 20.0 Å². The maximum atomic E-state index is 12.4. The van der Waals surface area contributed by atoms with Crippen molar-refractivity contribution in [3.05, 3.63) is 64.5 Å². The Morgan fingerprint density at radius 3 is 2.71 bits per heavy atom. The molecule has 4 rings (SSSR count). The molecule has 0 aliphatic heterocycles. The average Bonchev–Trinajstić information content (AvgIpc) is 3.14. The number of carbonyl (C=O) groups excluding carboxylic acids is 1. The Morgan fingerprint density at radius 2 is 2.03 bits per heavy atom. The lowest BCUT2D eigenvalue weighted by Gasteiger charge is -2.35. The Hall–Kier alpha value is -3.37. The standard InChI is InChI=1S/C27H31N3O4/c28-15-5-12-27(14-11-23(31)26(33)34)13-10-21-20(16-27)24-19(25(29)32)8-4-9-22(24)30(21)17-18-6-2-1-3-7-18/h1-3,6-7,10,13,19,23,31H,4-5,8-9,11-12,14,16-17H2,(H2,29,32)(H,33,34). The first-order valence-corrected chi connectivity index (χ1v) is 11.9. The summed E-state index contributed by atoms with van der Waals surface area (Å²) in [6, 6.07) is 12.4. The number of nitriles is 1. The molecule has 178 valence electrons. The fourth-order valence-electron chi connectivity index (χ4n) is 5.66. The summed E-state index contributed by atoms with van der Waals surface area (Å²) >= 11 is 0. The van der Waals surface area contributed by atoms with Crippen LogP contribution >= 0.6 is 0 Å². The van der Waals surface area contributed by atoms with E-state index in [1.54, 1.807) is 0 Å². The van der Waals surface area contributed by atoms with Crippen LogP contribution in [0, 0.1) is 16.7 Å². The van der Waals surface area contributed by atoms with Gasteiger partial charge in [-0.05, 0) is 73.1 Å². The largest absolute Gasteiger partial charge is 0.479 e. The molecule has 1 aromatic heterocycles. The zero-order valence-corrected chi connectivity index (χ0v) is 19.2.